The van der Waals surface area contributed by atoms with Crippen LogP contribution < -0.4 is 10.8 Å². The summed E-state index contributed by atoms with van der Waals surface area (Å²) in [7, 11) is 1.27. The van der Waals surface area contributed by atoms with Gasteiger partial charge in [-0.25, -0.2) is 9.48 Å². The molecule has 1 N–H and O–H groups in total. The molecule has 2 aromatic carbocycles. The van der Waals surface area contributed by atoms with Crippen LogP contribution >= 0.6 is 0 Å². The molecule has 33 heavy (non-hydrogen) atoms. The van der Waals surface area contributed by atoms with Crippen molar-refractivity contribution >= 4 is 24.5 Å². The lowest BCUT2D eigenvalue weighted by atomic mass is 9.79. The second kappa shape index (κ2) is 8.65. The van der Waals surface area contributed by atoms with Crippen molar-refractivity contribution in [2.75, 3.05) is 5.32 Å². The van der Waals surface area contributed by atoms with Crippen LogP contribution in [0.4, 0.5) is 10.6 Å². The Hall–Kier alpha value is -3.17. The Labute approximate surface area is 194 Å². The number of amides is 1. The van der Waals surface area contributed by atoms with Crippen molar-refractivity contribution in [3.8, 4) is 11.3 Å². The molecule has 0 spiro atoms. The molecule has 1 aliphatic heterocycles. The summed E-state index contributed by atoms with van der Waals surface area (Å²) in [4.78, 5) is 12.5. The smallest absolute Gasteiger partial charge is 0.441 e. The summed E-state index contributed by atoms with van der Waals surface area (Å²) in [6.07, 6.45) is -0.970. The highest BCUT2D eigenvalue weighted by molar-refractivity contribution is 6.62. The van der Waals surface area contributed by atoms with E-state index in [4.69, 9.17) is 14.0 Å². The molecule has 2 heterocycles. The van der Waals surface area contributed by atoms with Crippen LogP contribution in [0.1, 0.15) is 46.3 Å². The number of carbonyl (C=O) groups excluding carboxylic acids is 1. The predicted octanol–water partition coefficient (Wildman–Crippen LogP) is 4.09. The summed E-state index contributed by atoms with van der Waals surface area (Å²) in [5.41, 5.74) is 2.35. The van der Waals surface area contributed by atoms with Gasteiger partial charge in [-0.3, -0.25) is 5.32 Å². The molecule has 9 heteroatoms. The van der Waals surface area contributed by atoms with Gasteiger partial charge < -0.3 is 14.0 Å². The molecule has 1 atom stereocenters. The maximum Gasteiger partial charge on any atom is 0.494 e. The van der Waals surface area contributed by atoms with Crippen molar-refractivity contribution in [2.45, 2.75) is 51.9 Å². The number of aryl methyl sites for hydroxylation is 1. The van der Waals surface area contributed by atoms with Gasteiger partial charge in [-0.2, -0.15) is 0 Å². The fraction of sp³-hybridized carbons (Fsp3) is 0.375. The van der Waals surface area contributed by atoms with E-state index in [9.17, 15) is 4.79 Å². The Bertz CT molecular complexity index is 1110. The topological polar surface area (TPSA) is 87.5 Å². The molecule has 0 bridgehead atoms. The maximum absolute atomic E-state index is 12.5. The third-order valence-corrected chi connectivity index (χ3v) is 6.31. The third-order valence-electron chi connectivity index (χ3n) is 6.31. The Balaban J connectivity index is 1.48. The van der Waals surface area contributed by atoms with E-state index in [1.807, 2.05) is 89.2 Å². The SMILES string of the molecule is CC(OC(=O)Nc1c(-c2ccc(B3OC(C)(C)C(C)(C)O3)cc2)nnn1C)c1ccccc1. The highest BCUT2D eigenvalue weighted by Gasteiger charge is 2.51. The first-order chi connectivity index (χ1) is 15.6. The molecule has 8 nitrogen and oxygen atoms in total. The molecule has 1 amide bonds. The molecule has 1 aliphatic rings. The Morgan fingerprint density at radius 3 is 2.24 bits per heavy atom. The number of benzene rings is 2. The number of aromatic nitrogens is 3. The van der Waals surface area contributed by atoms with E-state index in [0.717, 1.165) is 16.6 Å². The lowest BCUT2D eigenvalue weighted by molar-refractivity contribution is 0.00578. The zero-order valence-electron chi connectivity index (χ0n) is 19.8. The van der Waals surface area contributed by atoms with E-state index in [-0.39, 0.29) is 0 Å². The fourth-order valence-electron chi connectivity index (χ4n) is 3.55. The van der Waals surface area contributed by atoms with Crippen LogP contribution in [0.5, 0.6) is 0 Å². The molecule has 3 aromatic rings. The largest absolute Gasteiger partial charge is 0.494 e. The summed E-state index contributed by atoms with van der Waals surface area (Å²) in [6, 6.07) is 17.3. The summed E-state index contributed by atoms with van der Waals surface area (Å²) in [5.74, 6) is 0.448. The number of hydrogen-bond donors (Lipinski definition) is 1. The van der Waals surface area contributed by atoms with Crippen LogP contribution in [0.15, 0.2) is 54.6 Å². The first kappa shape index (κ1) is 23.0. The van der Waals surface area contributed by atoms with Gasteiger partial charge in [0, 0.05) is 12.6 Å². The van der Waals surface area contributed by atoms with Crippen molar-refractivity contribution in [3.63, 3.8) is 0 Å². The van der Waals surface area contributed by atoms with Crippen molar-refractivity contribution in [2.24, 2.45) is 7.05 Å². The molecule has 1 fully saturated rings. The number of rotatable bonds is 5. The third kappa shape index (κ3) is 4.65. The average Bonchev–Trinajstić information content (AvgIpc) is 3.23. The maximum atomic E-state index is 12.5. The van der Waals surface area contributed by atoms with Crippen molar-refractivity contribution < 1.29 is 18.8 Å². The number of anilines is 1. The Morgan fingerprint density at radius 1 is 1.03 bits per heavy atom. The van der Waals surface area contributed by atoms with E-state index in [0.29, 0.717) is 11.5 Å². The molecule has 0 aliphatic carbocycles. The van der Waals surface area contributed by atoms with Gasteiger partial charge in [0.2, 0.25) is 0 Å². The molecule has 1 unspecified atom stereocenters. The van der Waals surface area contributed by atoms with Crippen molar-refractivity contribution in [1.82, 2.24) is 15.0 Å². The summed E-state index contributed by atoms with van der Waals surface area (Å²) < 4.78 is 19.3. The molecule has 1 aromatic heterocycles. The minimum Gasteiger partial charge on any atom is -0.441 e. The van der Waals surface area contributed by atoms with E-state index >= 15 is 0 Å². The van der Waals surface area contributed by atoms with Crippen LogP contribution in [0.3, 0.4) is 0 Å². The lowest BCUT2D eigenvalue weighted by Crippen LogP contribution is -2.41. The monoisotopic (exact) mass is 448 g/mol. The Morgan fingerprint density at radius 2 is 1.64 bits per heavy atom. The van der Waals surface area contributed by atoms with E-state index in [1.54, 1.807) is 7.05 Å². The quantitative estimate of drug-likeness (QED) is 0.592. The van der Waals surface area contributed by atoms with Crippen LogP contribution in [0, 0.1) is 0 Å². The molecular weight excluding hydrogens is 419 g/mol. The molecule has 0 radical (unpaired) electrons. The van der Waals surface area contributed by atoms with Gasteiger partial charge in [0.15, 0.2) is 5.82 Å². The van der Waals surface area contributed by atoms with Crippen LogP contribution in [-0.2, 0) is 21.1 Å². The summed E-state index contributed by atoms with van der Waals surface area (Å²) in [5, 5.41) is 11.1. The first-order valence-electron chi connectivity index (χ1n) is 11.0. The summed E-state index contributed by atoms with van der Waals surface area (Å²) in [6.45, 7) is 9.92. The highest BCUT2D eigenvalue weighted by Crippen LogP contribution is 2.36. The van der Waals surface area contributed by atoms with Gasteiger partial charge in [-0.1, -0.05) is 59.8 Å². The molecular formula is C24H29BN4O4. The van der Waals surface area contributed by atoms with Crippen LogP contribution in [0.25, 0.3) is 11.3 Å². The van der Waals surface area contributed by atoms with Crippen molar-refractivity contribution in [3.05, 3.63) is 60.2 Å². The van der Waals surface area contributed by atoms with E-state index in [2.05, 4.69) is 15.6 Å². The van der Waals surface area contributed by atoms with Gasteiger partial charge in [0.05, 0.1) is 11.2 Å². The van der Waals surface area contributed by atoms with Gasteiger partial charge in [-0.15, -0.1) is 5.10 Å². The molecule has 4 rings (SSSR count). The van der Waals surface area contributed by atoms with Crippen molar-refractivity contribution in [1.29, 1.82) is 0 Å². The van der Waals surface area contributed by atoms with Gasteiger partial charge in [0.25, 0.3) is 0 Å². The van der Waals surface area contributed by atoms with Gasteiger partial charge >= 0.3 is 13.2 Å². The number of nitrogens with one attached hydrogen (secondary N) is 1. The first-order valence-corrected chi connectivity index (χ1v) is 11.0. The number of ether oxygens (including phenoxy) is 1. The predicted molar refractivity (Wildman–Crippen MR) is 127 cm³/mol. The molecule has 172 valence electrons. The van der Waals surface area contributed by atoms with E-state index < -0.39 is 30.5 Å². The average molecular weight is 448 g/mol. The normalized spacial score (nSPS) is 17.6. The Kier molecular flexibility index (Phi) is 6.03. The second-order valence-corrected chi connectivity index (χ2v) is 9.20. The lowest BCUT2D eigenvalue weighted by Gasteiger charge is -2.32. The zero-order chi connectivity index (χ0) is 23.8. The minimum atomic E-state index is -0.577. The number of hydrogen-bond acceptors (Lipinski definition) is 6. The van der Waals surface area contributed by atoms with E-state index in [1.165, 1.54) is 4.68 Å². The standard InChI is InChI=1S/C24H29BN4O4/c1-16(17-10-8-7-9-11-17)31-22(30)26-21-20(27-28-29(21)6)18-12-14-19(15-13-18)25-32-23(2,3)24(4,5)33-25/h7-16H,1-6H3,(H,26,30). The highest BCUT2D eigenvalue weighted by atomic mass is 16.7. The number of carbonyl (C=O) groups is 1. The molecule has 0 saturated carbocycles. The summed E-state index contributed by atoms with van der Waals surface area (Å²) >= 11 is 0. The minimum absolute atomic E-state index is 0.393. The zero-order valence-corrected chi connectivity index (χ0v) is 19.8. The van der Waals surface area contributed by atoms with Crippen LogP contribution in [0.2, 0.25) is 0 Å². The molecule has 1 saturated heterocycles. The second-order valence-electron chi connectivity index (χ2n) is 9.20. The fourth-order valence-corrected chi connectivity index (χ4v) is 3.55. The van der Waals surface area contributed by atoms with Gasteiger partial charge in [-0.05, 0) is 45.6 Å². The van der Waals surface area contributed by atoms with Crippen LogP contribution in [-0.4, -0.2) is 39.4 Å². The number of nitrogens with zero attached hydrogens (tertiary/aromatic N) is 3. The van der Waals surface area contributed by atoms with Gasteiger partial charge in [0.1, 0.15) is 11.8 Å².